The number of ketones is 1. The maximum Gasteiger partial charge on any atom is 0.261 e. The molecule has 1 aliphatic rings. The van der Waals surface area contributed by atoms with Crippen LogP contribution in [-0.2, 0) is 15.1 Å². The van der Waals surface area contributed by atoms with Gasteiger partial charge >= 0.3 is 0 Å². The number of hydrogen-bond donors (Lipinski definition) is 0. The van der Waals surface area contributed by atoms with Gasteiger partial charge in [-0.2, -0.15) is 5.26 Å². The summed E-state index contributed by atoms with van der Waals surface area (Å²) in [5.74, 6) is -0.0171. The summed E-state index contributed by atoms with van der Waals surface area (Å²) in [5.41, 5.74) is -0.0895. The van der Waals surface area contributed by atoms with Crippen LogP contribution in [0.25, 0.3) is 0 Å². The minimum atomic E-state index is -1.09. The largest absolute Gasteiger partial charge is 0.482 e. The van der Waals surface area contributed by atoms with E-state index in [1.54, 1.807) is 49.5 Å². The van der Waals surface area contributed by atoms with Crippen LogP contribution >= 0.6 is 11.6 Å². The molecule has 1 aliphatic carbocycles. The normalized spacial score (nSPS) is 19.0. The summed E-state index contributed by atoms with van der Waals surface area (Å²) in [6, 6.07) is 15.9. The minimum absolute atomic E-state index is 0.0138. The lowest BCUT2D eigenvalue weighted by atomic mass is 9.74. The standard InChI is InChI=1S/C22H21ClN2O3/c1-25(21(27)15-28-19-11-5-2-8-16(19)14-24)22(13-7-6-12-20(22)26)17-9-3-4-10-18(17)23/h2-5,8-11H,6-7,12-13,15H2,1H3. The molecule has 144 valence electrons. The van der Waals surface area contributed by atoms with E-state index in [-0.39, 0.29) is 18.3 Å². The number of halogens is 1. The first-order valence-electron chi connectivity index (χ1n) is 9.17. The van der Waals surface area contributed by atoms with Gasteiger partial charge in [-0.05, 0) is 37.5 Å². The first kappa shape index (κ1) is 19.9. The third-order valence-electron chi connectivity index (χ3n) is 5.28. The smallest absolute Gasteiger partial charge is 0.261 e. The number of nitrogens with zero attached hydrogens (tertiary/aromatic N) is 2. The summed E-state index contributed by atoms with van der Waals surface area (Å²) in [5, 5.41) is 9.63. The molecule has 0 aliphatic heterocycles. The van der Waals surface area contributed by atoms with E-state index in [4.69, 9.17) is 21.6 Å². The first-order chi connectivity index (χ1) is 13.5. The van der Waals surface area contributed by atoms with Crippen LogP contribution in [0.1, 0.15) is 36.8 Å². The summed E-state index contributed by atoms with van der Waals surface area (Å²) in [6.45, 7) is -0.269. The van der Waals surface area contributed by atoms with Gasteiger partial charge in [-0.3, -0.25) is 9.59 Å². The summed E-state index contributed by atoms with van der Waals surface area (Å²) >= 11 is 6.42. The van der Waals surface area contributed by atoms with Crippen molar-refractivity contribution in [3.8, 4) is 11.8 Å². The molecule has 1 atom stereocenters. The van der Waals surface area contributed by atoms with Crippen LogP contribution in [0, 0.1) is 11.3 Å². The van der Waals surface area contributed by atoms with Gasteiger partial charge in [-0.1, -0.05) is 41.9 Å². The van der Waals surface area contributed by atoms with E-state index in [9.17, 15) is 9.59 Å². The molecule has 1 saturated carbocycles. The molecule has 0 bridgehead atoms. The highest BCUT2D eigenvalue weighted by atomic mass is 35.5. The lowest BCUT2D eigenvalue weighted by Gasteiger charge is -2.43. The van der Waals surface area contributed by atoms with Crippen LogP contribution in [0.4, 0.5) is 0 Å². The zero-order valence-corrected chi connectivity index (χ0v) is 16.4. The molecule has 1 fully saturated rings. The molecular formula is C22H21ClN2O3. The highest BCUT2D eigenvalue weighted by molar-refractivity contribution is 6.31. The van der Waals surface area contributed by atoms with Crippen LogP contribution < -0.4 is 4.74 Å². The van der Waals surface area contributed by atoms with Gasteiger partial charge in [0.05, 0.1) is 5.56 Å². The van der Waals surface area contributed by atoms with Crippen LogP contribution in [0.15, 0.2) is 48.5 Å². The van der Waals surface area contributed by atoms with E-state index in [1.165, 1.54) is 4.90 Å². The quantitative estimate of drug-likeness (QED) is 0.763. The average molecular weight is 397 g/mol. The Morgan fingerprint density at radius 2 is 1.93 bits per heavy atom. The highest BCUT2D eigenvalue weighted by Crippen LogP contribution is 2.42. The van der Waals surface area contributed by atoms with Crippen molar-refractivity contribution in [2.24, 2.45) is 0 Å². The number of para-hydroxylation sites is 1. The van der Waals surface area contributed by atoms with Gasteiger partial charge < -0.3 is 9.64 Å². The third-order valence-corrected chi connectivity index (χ3v) is 5.61. The molecule has 5 nitrogen and oxygen atoms in total. The maximum atomic E-state index is 13.1. The van der Waals surface area contributed by atoms with Gasteiger partial charge in [0.25, 0.3) is 5.91 Å². The number of Topliss-reactive ketones (excluding diaryl/α,β-unsaturated/α-hetero) is 1. The van der Waals surface area contributed by atoms with Crippen molar-refractivity contribution in [1.29, 1.82) is 5.26 Å². The number of likely N-dealkylation sites (N-methyl/N-ethyl adjacent to an activating group) is 1. The number of carbonyl (C=O) groups excluding carboxylic acids is 2. The molecule has 0 aromatic heterocycles. The van der Waals surface area contributed by atoms with Gasteiger partial charge in [0.15, 0.2) is 12.4 Å². The van der Waals surface area contributed by atoms with Crippen molar-refractivity contribution in [2.75, 3.05) is 13.7 Å². The van der Waals surface area contributed by atoms with Crippen LogP contribution in [-0.4, -0.2) is 30.2 Å². The van der Waals surface area contributed by atoms with E-state index in [0.29, 0.717) is 34.7 Å². The predicted molar refractivity (Wildman–Crippen MR) is 106 cm³/mol. The molecule has 0 N–H and O–H groups in total. The lowest BCUT2D eigenvalue weighted by Crippen LogP contribution is -2.55. The number of hydrogen-bond acceptors (Lipinski definition) is 4. The van der Waals surface area contributed by atoms with Crippen molar-refractivity contribution in [3.63, 3.8) is 0 Å². The Morgan fingerprint density at radius 1 is 1.21 bits per heavy atom. The van der Waals surface area contributed by atoms with Crippen molar-refractivity contribution < 1.29 is 14.3 Å². The molecule has 0 heterocycles. The van der Waals surface area contributed by atoms with E-state index in [1.807, 2.05) is 12.1 Å². The zero-order chi connectivity index (χ0) is 20.1. The van der Waals surface area contributed by atoms with Gasteiger partial charge in [0.2, 0.25) is 0 Å². The molecule has 0 spiro atoms. The Morgan fingerprint density at radius 3 is 2.64 bits per heavy atom. The number of rotatable bonds is 5. The second-order valence-corrected chi connectivity index (χ2v) is 7.23. The second-order valence-electron chi connectivity index (χ2n) is 6.82. The van der Waals surface area contributed by atoms with E-state index < -0.39 is 5.54 Å². The number of nitriles is 1. The molecule has 2 aromatic rings. The lowest BCUT2D eigenvalue weighted by molar-refractivity contribution is -0.149. The van der Waals surface area contributed by atoms with Gasteiger partial charge in [0, 0.05) is 24.1 Å². The fourth-order valence-corrected chi connectivity index (χ4v) is 4.06. The Balaban J connectivity index is 1.89. The molecule has 0 radical (unpaired) electrons. The molecule has 1 amide bonds. The summed E-state index contributed by atoms with van der Waals surface area (Å²) in [4.78, 5) is 27.5. The van der Waals surface area contributed by atoms with Crippen molar-refractivity contribution >= 4 is 23.3 Å². The fraction of sp³-hybridized carbons (Fsp3) is 0.318. The zero-order valence-electron chi connectivity index (χ0n) is 15.7. The van der Waals surface area contributed by atoms with Crippen molar-refractivity contribution in [2.45, 2.75) is 31.2 Å². The first-order valence-corrected chi connectivity index (χ1v) is 9.55. The fourth-order valence-electron chi connectivity index (χ4n) is 3.76. The summed E-state index contributed by atoms with van der Waals surface area (Å²) in [7, 11) is 1.62. The van der Waals surface area contributed by atoms with Crippen molar-refractivity contribution in [3.05, 3.63) is 64.7 Å². The Hall–Kier alpha value is -2.84. The number of carbonyl (C=O) groups is 2. The predicted octanol–water partition coefficient (Wildman–Crippen LogP) is 4.09. The number of amides is 1. The second kappa shape index (κ2) is 8.45. The monoisotopic (exact) mass is 396 g/mol. The molecule has 0 saturated heterocycles. The Bertz CT molecular complexity index is 937. The number of ether oxygens (including phenoxy) is 1. The van der Waals surface area contributed by atoms with Crippen LogP contribution in [0.5, 0.6) is 5.75 Å². The SMILES string of the molecule is CN(C(=O)COc1ccccc1C#N)C1(c2ccccc2Cl)CCCCC1=O. The van der Waals surface area contributed by atoms with Gasteiger partial charge in [-0.15, -0.1) is 0 Å². The van der Waals surface area contributed by atoms with E-state index in [0.717, 1.165) is 12.8 Å². The molecule has 3 rings (SSSR count). The molecular weight excluding hydrogens is 376 g/mol. The van der Waals surface area contributed by atoms with Gasteiger partial charge in [0.1, 0.15) is 17.4 Å². The van der Waals surface area contributed by atoms with E-state index in [2.05, 4.69) is 0 Å². The minimum Gasteiger partial charge on any atom is -0.482 e. The Labute approximate surface area is 169 Å². The van der Waals surface area contributed by atoms with Crippen molar-refractivity contribution in [1.82, 2.24) is 4.90 Å². The molecule has 2 aromatic carbocycles. The average Bonchev–Trinajstić information content (AvgIpc) is 2.72. The molecule has 6 heteroatoms. The Kier molecular flexibility index (Phi) is 6.01. The van der Waals surface area contributed by atoms with Crippen LogP contribution in [0.3, 0.4) is 0 Å². The summed E-state index contributed by atoms with van der Waals surface area (Å²) in [6.07, 6.45) is 2.55. The third kappa shape index (κ3) is 3.61. The summed E-state index contributed by atoms with van der Waals surface area (Å²) < 4.78 is 5.59. The topological polar surface area (TPSA) is 70.4 Å². The maximum absolute atomic E-state index is 13.1. The number of benzene rings is 2. The molecule has 1 unspecified atom stereocenters. The van der Waals surface area contributed by atoms with Crippen LogP contribution in [0.2, 0.25) is 5.02 Å². The van der Waals surface area contributed by atoms with E-state index >= 15 is 0 Å². The highest BCUT2D eigenvalue weighted by Gasteiger charge is 2.47. The molecule has 28 heavy (non-hydrogen) atoms. The van der Waals surface area contributed by atoms with Gasteiger partial charge in [-0.25, -0.2) is 0 Å².